The van der Waals surface area contributed by atoms with Gasteiger partial charge in [0.15, 0.2) is 0 Å². The van der Waals surface area contributed by atoms with E-state index in [1.165, 1.54) is 32.7 Å². The van der Waals surface area contributed by atoms with Crippen LogP contribution in [0.25, 0.3) is 32.7 Å². The molecule has 0 saturated heterocycles. The maximum atomic E-state index is 12.2. The van der Waals surface area contributed by atoms with Crippen LogP contribution < -0.4 is 5.32 Å². The zero-order valence-electron chi connectivity index (χ0n) is 16.2. The summed E-state index contributed by atoms with van der Waals surface area (Å²) >= 11 is 0. The molecule has 0 saturated carbocycles. The predicted octanol–water partition coefficient (Wildman–Crippen LogP) is 5.62. The molecule has 0 aromatic heterocycles. The molecule has 29 heavy (non-hydrogen) atoms. The Kier molecular flexibility index (Phi) is 5.54. The number of carbonyl (C=O) groups excluding carboxylic acids is 1. The molecule has 4 aromatic carbocycles. The number of hydrogen-bond acceptors (Lipinski definition) is 2. The van der Waals surface area contributed by atoms with Crippen LogP contribution in [0.1, 0.15) is 18.4 Å². The first-order valence-electron chi connectivity index (χ1n) is 9.90. The smallest absolute Gasteiger partial charge is 0.220 e. The first-order valence-corrected chi connectivity index (χ1v) is 9.90. The van der Waals surface area contributed by atoms with Gasteiger partial charge in [-0.1, -0.05) is 78.9 Å². The van der Waals surface area contributed by atoms with Crippen LogP contribution in [0, 0.1) is 11.3 Å². The molecule has 0 heterocycles. The minimum absolute atomic E-state index is 0.0164. The molecule has 0 fully saturated rings. The second-order valence-electron chi connectivity index (χ2n) is 7.11. The average Bonchev–Trinajstić information content (AvgIpc) is 2.77. The predicted molar refractivity (Wildman–Crippen MR) is 118 cm³/mol. The van der Waals surface area contributed by atoms with E-state index in [4.69, 9.17) is 5.26 Å². The normalized spacial score (nSPS) is 10.7. The first kappa shape index (κ1) is 18.7. The van der Waals surface area contributed by atoms with Crippen LogP contribution in [0.2, 0.25) is 0 Å². The molecule has 3 nitrogen and oxygen atoms in total. The number of rotatable bonds is 6. The maximum absolute atomic E-state index is 12.2. The Hall–Kier alpha value is -3.64. The Morgan fingerprint density at radius 2 is 1.52 bits per heavy atom. The Bertz CT molecular complexity index is 1220. The zero-order valence-corrected chi connectivity index (χ0v) is 16.2. The summed E-state index contributed by atoms with van der Waals surface area (Å²) in [5.74, 6) is -0.0164. The summed E-state index contributed by atoms with van der Waals surface area (Å²) in [6.45, 7) is 0.406. The van der Waals surface area contributed by atoms with E-state index < -0.39 is 0 Å². The Morgan fingerprint density at radius 1 is 0.828 bits per heavy atom. The fourth-order valence-corrected chi connectivity index (χ4v) is 3.88. The topological polar surface area (TPSA) is 52.9 Å². The zero-order chi connectivity index (χ0) is 20.1. The highest BCUT2D eigenvalue weighted by Gasteiger charge is 2.13. The summed E-state index contributed by atoms with van der Waals surface area (Å²) in [7, 11) is 0. The van der Waals surface area contributed by atoms with Gasteiger partial charge in [0.05, 0.1) is 12.5 Å². The number of benzene rings is 4. The number of amides is 1. The highest BCUT2D eigenvalue weighted by Crippen LogP contribution is 2.37. The molecule has 0 unspecified atom stereocenters. The van der Waals surface area contributed by atoms with E-state index in [1.807, 2.05) is 6.07 Å². The SMILES string of the molecule is N#CCCNC(=O)CCc1ccc2ccccc2c1-c1cccc2ccccc12. The fraction of sp³-hybridized carbons (Fsp3) is 0.154. The molecular formula is C26H22N2O. The van der Waals surface area contributed by atoms with E-state index in [9.17, 15) is 4.79 Å². The van der Waals surface area contributed by atoms with Crippen LogP contribution in [-0.2, 0) is 11.2 Å². The van der Waals surface area contributed by atoms with Crippen LogP contribution in [0.15, 0.2) is 78.9 Å². The second kappa shape index (κ2) is 8.58. The molecule has 4 rings (SSSR count). The summed E-state index contributed by atoms with van der Waals surface area (Å²) in [5.41, 5.74) is 3.56. The lowest BCUT2D eigenvalue weighted by Gasteiger charge is -2.16. The van der Waals surface area contributed by atoms with Crippen LogP contribution in [0.4, 0.5) is 0 Å². The van der Waals surface area contributed by atoms with Gasteiger partial charge in [0.2, 0.25) is 5.91 Å². The first-order chi connectivity index (χ1) is 14.3. The van der Waals surface area contributed by atoms with Crippen molar-refractivity contribution in [3.63, 3.8) is 0 Å². The standard InChI is InChI=1S/C26H22N2O/c27-17-6-18-28-25(29)16-15-21-14-13-20-8-2-4-11-23(20)26(21)24-12-5-9-19-7-1-3-10-22(19)24/h1-5,7-14H,6,15-16,18H2,(H,28,29). The van der Waals surface area contributed by atoms with Crippen molar-refractivity contribution < 1.29 is 4.79 Å². The minimum Gasteiger partial charge on any atom is -0.355 e. The van der Waals surface area contributed by atoms with E-state index in [2.05, 4.69) is 84.2 Å². The summed E-state index contributed by atoms with van der Waals surface area (Å²) in [6, 6.07) is 29.5. The van der Waals surface area contributed by atoms with Gasteiger partial charge < -0.3 is 5.32 Å². The van der Waals surface area contributed by atoms with Gasteiger partial charge in [-0.15, -0.1) is 0 Å². The molecule has 0 aliphatic rings. The molecule has 0 aliphatic carbocycles. The van der Waals surface area contributed by atoms with E-state index in [0.717, 1.165) is 5.56 Å². The number of nitrogens with one attached hydrogen (secondary N) is 1. The summed E-state index contributed by atoms with van der Waals surface area (Å²) in [6.07, 6.45) is 1.40. The van der Waals surface area contributed by atoms with Gasteiger partial charge in [-0.25, -0.2) is 0 Å². The third-order valence-corrected chi connectivity index (χ3v) is 5.25. The van der Waals surface area contributed by atoms with E-state index in [0.29, 0.717) is 25.8 Å². The van der Waals surface area contributed by atoms with Crippen molar-refractivity contribution in [3.8, 4) is 17.2 Å². The highest BCUT2D eigenvalue weighted by atomic mass is 16.1. The average molecular weight is 378 g/mol. The number of hydrogen-bond donors (Lipinski definition) is 1. The van der Waals surface area contributed by atoms with Gasteiger partial charge in [-0.3, -0.25) is 4.79 Å². The van der Waals surface area contributed by atoms with Crippen LogP contribution in [0.3, 0.4) is 0 Å². The molecule has 1 N–H and O–H groups in total. The third-order valence-electron chi connectivity index (χ3n) is 5.25. The van der Waals surface area contributed by atoms with Gasteiger partial charge in [-0.2, -0.15) is 5.26 Å². The van der Waals surface area contributed by atoms with Gasteiger partial charge in [0.25, 0.3) is 0 Å². The Balaban J connectivity index is 1.78. The lowest BCUT2D eigenvalue weighted by molar-refractivity contribution is -0.121. The largest absolute Gasteiger partial charge is 0.355 e. The lowest BCUT2D eigenvalue weighted by Crippen LogP contribution is -2.24. The monoisotopic (exact) mass is 378 g/mol. The van der Waals surface area contributed by atoms with E-state index in [1.54, 1.807) is 0 Å². The van der Waals surface area contributed by atoms with Gasteiger partial charge in [-0.05, 0) is 44.7 Å². The Morgan fingerprint density at radius 3 is 2.31 bits per heavy atom. The number of fused-ring (bicyclic) bond motifs is 2. The van der Waals surface area contributed by atoms with Gasteiger partial charge in [0.1, 0.15) is 0 Å². The molecule has 3 heteroatoms. The molecule has 0 bridgehead atoms. The minimum atomic E-state index is -0.0164. The van der Waals surface area contributed by atoms with Gasteiger partial charge in [0, 0.05) is 13.0 Å². The molecule has 0 atom stereocenters. The van der Waals surface area contributed by atoms with Crippen molar-refractivity contribution in [2.45, 2.75) is 19.3 Å². The summed E-state index contributed by atoms with van der Waals surface area (Å²) in [5, 5.41) is 16.3. The van der Waals surface area contributed by atoms with Crippen molar-refractivity contribution in [1.29, 1.82) is 5.26 Å². The third kappa shape index (κ3) is 3.97. The molecule has 1 amide bonds. The van der Waals surface area contributed by atoms with Crippen molar-refractivity contribution >= 4 is 27.5 Å². The summed E-state index contributed by atoms with van der Waals surface area (Å²) in [4.78, 5) is 12.2. The lowest BCUT2D eigenvalue weighted by atomic mass is 9.88. The number of carbonyl (C=O) groups is 1. The van der Waals surface area contributed by atoms with Crippen molar-refractivity contribution in [2.24, 2.45) is 0 Å². The molecule has 4 aromatic rings. The number of aryl methyl sites for hydroxylation is 1. The quantitative estimate of drug-likeness (QED) is 0.443. The van der Waals surface area contributed by atoms with Crippen LogP contribution >= 0.6 is 0 Å². The second-order valence-corrected chi connectivity index (χ2v) is 7.11. The van der Waals surface area contributed by atoms with Crippen LogP contribution in [-0.4, -0.2) is 12.5 Å². The Labute approximate surface area is 170 Å². The molecule has 0 spiro atoms. The van der Waals surface area contributed by atoms with Gasteiger partial charge >= 0.3 is 0 Å². The van der Waals surface area contributed by atoms with Crippen molar-refractivity contribution in [2.75, 3.05) is 6.54 Å². The molecule has 0 radical (unpaired) electrons. The van der Waals surface area contributed by atoms with E-state index >= 15 is 0 Å². The molecular weight excluding hydrogens is 356 g/mol. The number of nitrogens with zero attached hydrogens (tertiary/aromatic N) is 1. The van der Waals surface area contributed by atoms with Crippen LogP contribution in [0.5, 0.6) is 0 Å². The number of nitriles is 1. The van der Waals surface area contributed by atoms with Crippen molar-refractivity contribution in [3.05, 3.63) is 84.4 Å². The molecule has 0 aliphatic heterocycles. The van der Waals surface area contributed by atoms with E-state index in [-0.39, 0.29) is 5.91 Å². The molecule has 142 valence electrons. The summed E-state index contributed by atoms with van der Waals surface area (Å²) < 4.78 is 0. The maximum Gasteiger partial charge on any atom is 0.220 e. The van der Waals surface area contributed by atoms with Crippen molar-refractivity contribution in [1.82, 2.24) is 5.32 Å². The highest BCUT2D eigenvalue weighted by molar-refractivity contribution is 6.06. The fourth-order valence-electron chi connectivity index (χ4n) is 3.88.